The molecular formula is C20H23F3N2O. The van der Waals surface area contributed by atoms with Crippen molar-refractivity contribution < 1.29 is 18.0 Å². The quantitative estimate of drug-likeness (QED) is 0.779. The first-order valence-corrected chi connectivity index (χ1v) is 8.56. The van der Waals surface area contributed by atoms with Crippen molar-refractivity contribution in [3.8, 4) is 0 Å². The summed E-state index contributed by atoms with van der Waals surface area (Å²) < 4.78 is 39.2. The van der Waals surface area contributed by atoms with E-state index in [0.29, 0.717) is 18.8 Å². The number of alkyl halides is 3. The van der Waals surface area contributed by atoms with Gasteiger partial charge in [-0.1, -0.05) is 24.3 Å². The van der Waals surface area contributed by atoms with Gasteiger partial charge in [0.2, 0.25) is 5.91 Å². The van der Waals surface area contributed by atoms with Crippen LogP contribution in [0.25, 0.3) is 0 Å². The van der Waals surface area contributed by atoms with Crippen LogP contribution in [-0.4, -0.2) is 19.0 Å². The predicted octanol–water partition coefficient (Wildman–Crippen LogP) is 5.04. The van der Waals surface area contributed by atoms with E-state index in [9.17, 15) is 18.0 Å². The molecule has 140 valence electrons. The molecule has 0 aromatic heterocycles. The number of carbonyl (C=O) groups excluding carboxylic acids is 1. The zero-order chi connectivity index (χ0) is 19.3. The van der Waals surface area contributed by atoms with Gasteiger partial charge in [0, 0.05) is 13.1 Å². The van der Waals surface area contributed by atoms with E-state index in [-0.39, 0.29) is 18.0 Å². The number of nitrogens with zero attached hydrogens (tertiary/aromatic N) is 1. The van der Waals surface area contributed by atoms with Crippen molar-refractivity contribution in [3.05, 3.63) is 59.2 Å². The largest absolute Gasteiger partial charge is 0.416 e. The highest BCUT2D eigenvalue weighted by Gasteiger charge is 2.31. The molecule has 0 saturated carbocycles. The normalized spacial score (nSPS) is 11.3. The Morgan fingerprint density at radius 2 is 1.73 bits per heavy atom. The van der Waals surface area contributed by atoms with Gasteiger partial charge in [0.15, 0.2) is 0 Å². The monoisotopic (exact) mass is 364 g/mol. The number of aryl methyl sites for hydroxylation is 1. The molecule has 0 bridgehead atoms. The van der Waals surface area contributed by atoms with E-state index in [1.807, 2.05) is 49.9 Å². The molecule has 2 rings (SSSR count). The number of anilines is 2. The average Bonchev–Trinajstić information content (AvgIpc) is 2.58. The van der Waals surface area contributed by atoms with Crippen molar-refractivity contribution in [2.24, 2.45) is 0 Å². The number of hydrogen-bond donors (Lipinski definition) is 1. The first-order chi connectivity index (χ1) is 12.3. The van der Waals surface area contributed by atoms with Gasteiger partial charge in [0.05, 0.1) is 23.4 Å². The van der Waals surface area contributed by atoms with Gasteiger partial charge in [-0.3, -0.25) is 4.79 Å². The Bertz CT molecular complexity index is 768. The average molecular weight is 364 g/mol. The standard InChI is InChI=1S/C20H23F3N2O/c1-4-25(5-2)18-11-10-16(20(21,22)23)13-17(18)24-19(26)12-15-9-7-6-8-14(15)3/h6-11,13H,4-5,12H2,1-3H3,(H,24,26). The number of halogens is 3. The van der Waals surface area contributed by atoms with Gasteiger partial charge in [0.25, 0.3) is 0 Å². The number of nitrogens with one attached hydrogen (secondary N) is 1. The molecule has 3 nitrogen and oxygen atoms in total. The lowest BCUT2D eigenvalue weighted by Gasteiger charge is -2.25. The Kier molecular flexibility index (Phi) is 6.29. The molecule has 0 unspecified atom stereocenters. The molecular weight excluding hydrogens is 341 g/mol. The second-order valence-corrected chi connectivity index (χ2v) is 6.05. The summed E-state index contributed by atoms with van der Waals surface area (Å²) in [5.74, 6) is -0.341. The third kappa shape index (κ3) is 4.77. The molecule has 1 amide bonds. The molecule has 0 fully saturated rings. The SMILES string of the molecule is CCN(CC)c1ccc(C(F)(F)F)cc1NC(=O)Cc1ccccc1C. The first-order valence-electron chi connectivity index (χ1n) is 8.56. The maximum absolute atomic E-state index is 13.1. The Balaban J connectivity index is 2.32. The van der Waals surface area contributed by atoms with Crippen molar-refractivity contribution in [1.29, 1.82) is 0 Å². The number of amides is 1. The number of carbonyl (C=O) groups is 1. The van der Waals surface area contributed by atoms with Crippen molar-refractivity contribution in [2.45, 2.75) is 33.4 Å². The molecule has 26 heavy (non-hydrogen) atoms. The van der Waals surface area contributed by atoms with Crippen LogP contribution >= 0.6 is 0 Å². The summed E-state index contributed by atoms with van der Waals surface area (Å²) in [7, 11) is 0. The van der Waals surface area contributed by atoms with Gasteiger partial charge in [-0.05, 0) is 50.1 Å². The van der Waals surface area contributed by atoms with Crippen molar-refractivity contribution in [2.75, 3.05) is 23.3 Å². The number of hydrogen-bond acceptors (Lipinski definition) is 2. The van der Waals surface area contributed by atoms with Crippen LogP contribution in [0.2, 0.25) is 0 Å². The van der Waals surface area contributed by atoms with Gasteiger partial charge in [-0.25, -0.2) is 0 Å². The Morgan fingerprint density at radius 1 is 1.08 bits per heavy atom. The minimum atomic E-state index is -4.46. The molecule has 2 aromatic carbocycles. The van der Waals surface area contributed by atoms with Gasteiger partial charge >= 0.3 is 6.18 Å². The van der Waals surface area contributed by atoms with Gasteiger partial charge in [-0.2, -0.15) is 13.2 Å². The van der Waals surface area contributed by atoms with E-state index in [2.05, 4.69) is 5.32 Å². The zero-order valence-electron chi connectivity index (χ0n) is 15.2. The summed E-state index contributed by atoms with van der Waals surface area (Å²) in [6.45, 7) is 6.99. The highest BCUT2D eigenvalue weighted by atomic mass is 19.4. The third-order valence-electron chi connectivity index (χ3n) is 4.31. The molecule has 6 heteroatoms. The molecule has 0 aliphatic heterocycles. The van der Waals surface area contributed by atoms with E-state index in [4.69, 9.17) is 0 Å². The summed E-state index contributed by atoms with van der Waals surface area (Å²) in [5, 5.41) is 2.67. The molecule has 0 radical (unpaired) electrons. The highest BCUT2D eigenvalue weighted by molar-refractivity contribution is 5.96. The van der Waals surface area contributed by atoms with Crippen molar-refractivity contribution in [3.63, 3.8) is 0 Å². The smallest absolute Gasteiger partial charge is 0.370 e. The molecule has 0 heterocycles. The second-order valence-electron chi connectivity index (χ2n) is 6.05. The molecule has 0 atom stereocenters. The van der Waals surface area contributed by atoms with Crippen LogP contribution in [0, 0.1) is 6.92 Å². The molecule has 1 N–H and O–H groups in total. The maximum Gasteiger partial charge on any atom is 0.416 e. The van der Waals surface area contributed by atoms with Crippen LogP contribution < -0.4 is 10.2 Å². The molecule has 2 aromatic rings. The summed E-state index contributed by atoms with van der Waals surface area (Å²) in [6, 6.07) is 10.9. The van der Waals surface area contributed by atoms with E-state index < -0.39 is 11.7 Å². The lowest BCUT2D eigenvalue weighted by molar-refractivity contribution is -0.137. The minimum Gasteiger partial charge on any atom is -0.370 e. The minimum absolute atomic E-state index is 0.112. The topological polar surface area (TPSA) is 32.3 Å². The van der Waals surface area contributed by atoms with Crippen LogP contribution in [-0.2, 0) is 17.4 Å². The van der Waals surface area contributed by atoms with E-state index in [0.717, 1.165) is 23.3 Å². The number of rotatable bonds is 6. The third-order valence-corrected chi connectivity index (χ3v) is 4.31. The molecule has 0 aliphatic carbocycles. The number of benzene rings is 2. The Hall–Kier alpha value is -2.50. The van der Waals surface area contributed by atoms with Crippen molar-refractivity contribution in [1.82, 2.24) is 0 Å². The molecule has 0 saturated heterocycles. The van der Waals surface area contributed by atoms with Gasteiger partial charge < -0.3 is 10.2 Å². The fourth-order valence-electron chi connectivity index (χ4n) is 2.83. The summed E-state index contributed by atoms with van der Waals surface area (Å²) in [4.78, 5) is 14.3. The van der Waals surface area contributed by atoms with Gasteiger partial charge in [0.1, 0.15) is 0 Å². The summed E-state index contributed by atoms with van der Waals surface area (Å²) in [6.07, 6.45) is -4.35. The van der Waals surface area contributed by atoms with Crippen LogP contribution in [0.4, 0.5) is 24.5 Å². The molecule has 0 aliphatic rings. The summed E-state index contributed by atoms with van der Waals surface area (Å²) >= 11 is 0. The lowest BCUT2D eigenvalue weighted by atomic mass is 10.1. The van der Waals surface area contributed by atoms with Crippen molar-refractivity contribution >= 4 is 17.3 Å². The second kappa shape index (κ2) is 8.25. The first kappa shape index (κ1) is 19.8. The Morgan fingerprint density at radius 3 is 2.31 bits per heavy atom. The van der Waals surface area contributed by atoms with Crippen LogP contribution in [0.5, 0.6) is 0 Å². The lowest BCUT2D eigenvalue weighted by Crippen LogP contribution is -2.25. The Labute approximate surface area is 151 Å². The highest BCUT2D eigenvalue weighted by Crippen LogP contribution is 2.35. The zero-order valence-corrected chi connectivity index (χ0v) is 15.2. The fraction of sp³-hybridized carbons (Fsp3) is 0.350. The maximum atomic E-state index is 13.1. The molecule has 0 spiro atoms. The fourth-order valence-corrected chi connectivity index (χ4v) is 2.83. The van der Waals surface area contributed by atoms with Crippen LogP contribution in [0.15, 0.2) is 42.5 Å². The van der Waals surface area contributed by atoms with E-state index >= 15 is 0 Å². The van der Waals surface area contributed by atoms with E-state index in [1.54, 1.807) is 0 Å². The predicted molar refractivity (Wildman–Crippen MR) is 98.5 cm³/mol. The van der Waals surface area contributed by atoms with Gasteiger partial charge in [-0.15, -0.1) is 0 Å². The van der Waals surface area contributed by atoms with Crippen LogP contribution in [0.3, 0.4) is 0 Å². The van der Waals surface area contributed by atoms with Crippen LogP contribution in [0.1, 0.15) is 30.5 Å². The van der Waals surface area contributed by atoms with E-state index in [1.165, 1.54) is 6.07 Å². The summed E-state index contributed by atoms with van der Waals surface area (Å²) in [5.41, 5.74) is 1.81.